The molecule has 0 bridgehead atoms. The number of carbonyl (C=O) groups is 1. The van der Waals surface area contributed by atoms with Gasteiger partial charge in [-0.25, -0.2) is 0 Å². The van der Waals surface area contributed by atoms with E-state index in [1.807, 2.05) is 13.8 Å². The molecule has 1 amide bonds. The van der Waals surface area contributed by atoms with E-state index in [1.54, 1.807) is 4.90 Å². The molecular weight excluding hydrogens is 246 g/mol. The van der Waals surface area contributed by atoms with Crippen LogP contribution in [-0.2, 0) is 4.79 Å². The van der Waals surface area contributed by atoms with Crippen LogP contribution in [0.15, 0.2) is 0 Å². The Morgan fingerprint density at radius 1 is 1.57 bits per heavy atom. The van der Waals surface area contributed by atoms with E-state index >= 15 is 0 Å². The Labute approximate surface area is 93.6 Å². The summed E-state index contributed by atoms with van der Waals surface area (Å²) in [5.74, 6) is 0.116. The second kappa shape index (κ2) is 4.62. The molecule has 3 nitrogen and oxygen atoms in total. The van der Waals surface area contributed by atoms with Crippen molar-refractivity contribution in [1.82, 2.24) is 4.90 Å². The molecule has 0 radical (unpaired) electrons. The third kappa shape index (κ3) is 2.48. The highest BCUT2D eigenvalue weighted by atomic mass is 79.9. The predicted molar refractivity (Wildman–Crippen MR) is 59.4 cm³/mol. The number of nitrogens with zero attached hydrogens (tertiary/aromatic N) is 1. The van der Waals surface area contributed by atoms with Crippen molar-refractivity contribution in [2.45, 2.75) is 43.5 Å². The molecule has 0 aromatic carbocycles. The molecule has 0 saturated carbocycles. The third-order valence-electron chi connectivity index (χ3n) is 3.03. The van der Waals surface area contributed by atoms with Crippen LogP contribution in [0.5, 0.6) is 0 Å². The highest BCUT2D eigenvalue weighted by molar-refractivity contribution is 9.10. The number of hydrogen-bond acceptors (Lipinski definition) is 2. The van der Waals surface area contributed by atoms with Gasteiger partial charge in [-0.05, 0) is 19.3 Å². The Balaban J connectivity index is 2.56. The number of likely N-dealkylation sites (tertiary alicyclic amines) is 1. The van der Waals surface area contributed by atoms with Crippen LogP contribution in [0.1, 0.15) is 33.1 Å². The SMILES string of the molecule is CCC(O)(CC)CN1CCC(Br)C1=O. The zero-order valence-electron chi connectivity index (χ0n) is 8.79. The molecular formula is C10H18BrNO2. The largest absolute Gasteiger partial charge is 0.388 e. The third-order valence-corrected chi connectivity index (χ3v) is 3.88. The maximum atomic E-state index is 11.6. The topological polar surface area (TPSA) is 40.5 Å². The van der Waals surface area contributed by atoms with Crippen molar-refractivity contribution in [2.75, 3.05) is 13.1 Å². The molecule has 1 fully saturated rings. The summed E-state index contributed by atoms with van der Waals surface area (Å²) in [4.78, 5) is 13.3. The molecule has 1 rings (SSSR count). The number of aliphatic hydroxyl groups is 1. The normalized spacial score (nSPS) is 23.3. The van der Waals surface area contributed by atoms with Crippen LogP contribution in [0.4, 0.5) is 0 Å². The first-order valence-electron chi connectivity index (χ1n) is 5.17. The number of carbonyl (C=O) groups excluding carboxylic acids is 1. The van der Waals surface area contributed by atoms with Crippen LogP contribution in [0.2, 0.25) is 0 Å². The van der Waals surface area contributed by atoms with Crippen molar-refractivity contribution < 1.29 is 9.90 Å². The van der Waals surface area contributed by atoms with Crippen molar-refractivity contribution in [3.05, 3.63) is 0 Å². The first kappa shape index (κ1) is 12.0. The number of halogens is 1. The van der Waals surface area contributed by atoms with E-state index in [9.17, 15) is 9.90 Å². The van der Waals surface area contributed by atoms with Crippen LogP contribution >= 0.6 is 15.9 Å². The Bertz CT molecular complexity index is 216. The van der Waals surface area contributed by atoms with Gasteiger partial charge in [0.1, 0.15) is 0 Å². The first-order valence-corrected chi connectivity index (χ1v) is 6.09. The summed E-state index contributed by atoms with van der Waals surface area (Å²) in [6.07, 6.45) is 2.24. The quantitative estimate of drug-likeness (QED) is 0.782. The molecule has 0 aliphatic carbocycles. The Morgan fingerprint density at radius 2 is 2.14 bits per heavy atom. The van der Waals surface area contributed by atoms with E-state index in [1.165, 1.54) is 0 Å². The molecule has 4 heteroatoms. The van der Waals surface area contributed by atoms with Crippen molar-refractivity contribution in [3.8, 4) is 0 Å². The van der Waals surface area contributed by atoms with Gasteiger partial charge in [0.25, 0.3) is 0 Å². The fourth-order valence-corrected chi connectivity index (χ4v) is 2.18. The zero-order chi connectivity index (χ0) is 10.8. The number of amides is 1. The minimum Gasteiger partial charge on any atom is -0.388 e. The lowest BCUT2D eigenvalue weighted by molar-refractivity contribution is -0.130. The summed E-state index contributed by atoms with van der Waals surface area (Å²) in [6.45, 7) is 5.14. The molecule has 1 heterocycles. The predicted octanol–water partition coefficient (Wildman–Crippen LogP) is 1.53. The summed E-state index contributed by atoms with van der Waals surface area (Å²) in [5.41, 5.74) is -0.702. The second-order valence-corrected chi connectivity index (χ2v) is 5.05. The highest BCUT2D eigenvalue weighted by Gasteiger charge is 2.34. The zero-order valence-corrected chi connectivity index (χ0v) is 10.4. The molecule has 1 unspecified atom stereocenters. The van der Waals surface area contributed by atoms with E-state index in [-0.39, 0.29) is 10.7 Å². The number of alkyl halides is 1. The van der Waals surface area contributed by atoms with Gasteiger partial charge in [-0.15, -0.1) is 0 Å². The van der Waals surface area contributed by atoms with Gasteiger partial charge in [0.15, 0.2) is 0 Å². The minimum atomic E-state index is -0.702. The summed E-state index contributed by atoms with van der Waals surface area (Å²) < 4.78 is 0. The van der Waals surface area contributed by atoms with Gasteiger partial charge in [0.2, 0.25) is 5.91 Å². The van der Waals surface area contributed by atoms with Crippen molar-refractivity contribution in [1.29, 1.82) is 0 Å². The fourth-order valence-electron chi connectivity index (χ4n) is 1.69. The smallest absolute Gasteiger partial charge is 0.236 e. The van der Waals surface area contributed by atoms with Gasteiger partial charge in [-0.3, -0.25) is 4.79 Å². The second-order valence-electron chi connectivity index (χ2n) is 3.95. The number of hydrogen-bond donors (Lipinski definition) is 1. The fraction of sp³-hybridized carbons (Fsp3) is 0.900. The first-order chi connectivity index (χ1) is 6.52. The average molecular weight is 264 g/mol. The van der Waals surface area contributed by atoms with Gasteiger partial charge in [-0.1, -0.05) is 29.8 Å². The Hall–Kier alpha value is -0.0900. The van der Waals surface area contributed by atoms with Crippen molar-refractivity contribution in [2.24, 2.45) is 0 Å². The number of rotatable bonds is 4. The van der Waals surface area contributed by atoms with Gasteiger partial charge in [-0.2, -0.15) is 0 Å². The van der Waals surface area contributed by atoms with Crippen LogP contribution in [0.25, 0.3) is 0 Å². The molecule has 0 aromatic heterocycles. The van der Waals surface area contributed by atoms with Gasteiger partial charge < -0.3 is 10.0 Å². The summed E-state index contributed by atoms with van der Waals surface area (Å²) in [5, 5.41) is 10.1. The summed E-state index contributed by atoms with van der Waals surface area (Å²) in [6, 6.07) is 0. The molecule has 14 heavy (non-hydrogen) atoms. The van der Waals surface area contributed by atoms with Crippen LogP contribution in [-0.4, -0.2) is 39.4 Å². The van der Waals surface area contributed by atoms with Crippen LogP contribution in [0, 0.1) is 0 Å². The molecule has 1 atom stereocenters. The van der Waals surface area contributed by atoms with Crippen LogP contribution < -0.4 is 0 Å². The lowest BCUT2D eigenvalue weighted by Crippen LogP contribution is -2.43. The maximum absolute atomic E-state index is 11.6. The summed E-state index contributed by atoms with van der Waals surface area (Å²) >= 11 is 3.32. The molecule has 82 valence electrons. The van der Waals surface area contributed by atoms with Gasteiger partial charge >= 0.3 is 0 Å². The molecule has 1 saturated heterocycles. The van der Waals surface area contributed by atoms with Gasteiger partial charge in [0, 0.05) is 13.1 Å². The van der Waals surface area contributed by atoms with E-state index < -0.39 is 5.60 Å². The maximum Gasteiger partial charge on any atom is 0.236 e. The van der Waals surface area contributed by atoms with Gasteiger partial charge in [0.05, 0.1) is 10.4 Å². The molecule has 1 N–H and O–H groups in total. The minimum absolute atomic E-state index is 0.0412. The number of β-amino-alcohol motifs (C(OH)–C–C–N with tert-alkyl or cyclic N) is 1. The van der Waals surface area contributed by atoms with Crippen molar-refractivity contribution >= 4 is 21.8 Å². The molecule has 1 aliphatic heterocycles. The highest BCUT2D eigenvalue weighted by Crippen LogP contribution is 2.23. The van der Waals surface area contributed by atoms with Crippen LogP contribution in [0.3, 0.4) is 0 Å². The van der Waals surface area contributed by atoms with Crippen molar-refractivity contribution in [3.63, 3.8) is 0 Å². The Kier molecular flexibility index (Phi) is 3.95. The molecule has 0 spiro atoms. The lowest BCUT2D eigenvalue weighted by atomic mass is 9.97. The van der Waals surface area contributed by atoms with E-state index in [2.05, 4.69) is 15.9 Å². The monoisotopic (exact) mass is 263 g/mol. The Morgan fingerprint density at radius 3 is 2.50 bits per heavy atom. The van der Waals surface area contributed by atoms with E-state index in [0.717, 1.165) is 13.0 Å². The standard InChI is InChI=1S/C10H18BrNO2/c1-3-10(14,4-2)7-12-6-5-8(11)9(12)13/h8,14H,3-7H2,1-2H3. The summed E-state index contributed by atoms with van der Waals surface area (Å²) in [7, 11) is 0. The average Bonchev–Trinajstić information content (AvgIpc) is 2.49. The molecule has 0 aromatic rings. The molecule has 1 aliphatic rings. The van der Waals surface area contributed by atoms with E-state index in [4.69, 9.17) is 0 Å². The van der Waals surface area contributed by atoms with E-state index in [0.29, 0.717) is 19.4 Å². The lowest BCUT2D eigenvalue weighted by Gasteiger charge is -2.30.